The third-order valence-corrected chi connectivity index (χ3v) is 6.61. The van der Waals surface area contributed by atoms with Gasteiger partial charge in [-0.1, -0.05) is 30.3 Å². The zero-order chi connectivity index (χ0) is 21.2. The second-order valence-electron chi connectivity index (χ2n) is 7.73. The summed E-state index contributed by atoms with van der Waals surface area (Å²) in [7, 11) is 0. The third-order valence-electron chi connectivity index (χ3n) is 5.61. The first-order valence-electron chi connectivity index (χ1n) is 10.6. The Morgan fingerprint density at radius 3 is 2.67 bits per heavy atom. The highest BCUT2D eigenvalue weighted by molar-refractivity contribution is 8.00. The van der Waals surface area contributed by atoms with Crippen LogP contribution >= 0.6 is 11.8 Å². The molecule has 30 heavy (non-hydrogen) atoms. The van der Waals surface area contributed by atoms with Gasteiger partial charge in [-0.15, -0.1) is 11.8 Å². The van der Waals surface area contributed by atoms with Crippen LogP contribution in [0, 0.1) is 5.41 Å². The van der Waals surface area contributed by atoms with E-state index in [0.29, 0.717) is 25.4 Å². The topological polar surface area (TPSA) is 59.5 Å². The lowest BCUT2D eigenvalue weighted by atomic mass is 9.75. The molecule has 2 aromatic rings. The molecule has 160 valence electrons. The van der Waals surface area contributed by atoms with Gasteiger partial charge >= 0.3 is 5.97 Å². The summed E-state index contributed by atoms with van der Waals surface area (Å²) in [6, 6.07) is 14.1. The van der Waals surface area contributed by atoms with Crippen molar-refractivity contribution >= 4 is 23.6 Å². The summed E-state index contributed by atoms with van der Waals surface area (Å²) in [6.45, 7) is 3.36. The highest BCUT2D eigenvalue weighted by atomic mass is 32.2. The summed E-state index contributed by atoms with van der Waals surface area (Å²) in [5, 5.41) is 0. The predicted molar refractivity (Wildman–Crippen MR) is 119 cm³/mol. The molecule has 1 amide bonds. The summed E-state index contributed by atoms with van der Waals surface area (Å²) >= 11 is 1.51. The van der Waals surface area contributed by atoms with E-state index < -0.39 is 5.41 Å². The lowest BCUT2D eigenvalue weighted by molar-refractivity contribution is -0.161. The fourth-order valence-corrected chi connectivity index (χ4v) is 4.83. The van der Waals surface area contributed by atoms with Crippen molar-refractivity contribution in [2.24, 2.45) is 5.41 Å². The van der Waals surface area contributed by atoms with Gasteiger partial charge in [0.25, 0.3) is 0 Å². The van der Waals surface area contributed by atoms with Gasteiger partial charge in [0.2, 0.25) is 5.91 Å². The fraction of sp³-hybridized carbons (Fsp3) is 0.458. The van der Waals surface area contributed by atoms with Gasteiger partial charge in [-0.25, -0.2) is 0 Å². The number of likely N-dealkylation sites (tertiary alicyclic amines) is 1. The molecule has 1 fully saturated rings. The van der Waals surface area contributed by atoms with Crippen LogP contribution in [0.15, 0.2) is 59.8 Å². The average Bonchev–Trinajstić information content (AvgIpc) is 2.79. The lowest BCUT2D eigenvalue weighted by Gasteiger charge is -2.41. The number of hydrogen-bond acceptors (Lipinski definition) is 5. The molecule has 1 aliphatic heterocycles. The first-order chi connectivity index (χ1) is 14.6. The molecule has 3 rings (SSSR count). The molecule has 1 unspecified atom stereocenters. The maximum absolute atomic E-state index is 12.9. The molecular formula is C24H30N2O3S. The van der Waals surface area contributed by atoms with Gasteiger partial charge in [0, 0.05) is 30.4 Å². The molecule has 0 aliphatic carbocycles. The smallest absolute Gasteiger partial charge is 0.313 e. The summed E-state index contributed by atoms with van der Waals surface area (Å²) in [5.74, 6) is 0.290. The van der Waals surface area contributed by atoms with Crippen LogP contribution in [0.2, 0.25) is 0 Å². The summed E-state index contributed by atoms with van der Waals surface area (Å²) in [5.41, 5.74) is 0.675. The molecule has 1 aromatic carbocycles. The number of pyridine rings is 1. The Morgan fingerprint density at radius 1 is 1.17 bits per heavy atom. The summed E-state index contributed by atoms with van der Waals surface area (Å²) in [4.78, 5) is 32.7. The van der Waals surface area contributed by atoms with Crippen molar-refractivity contribution in [3.63, 3.8) is 0 Å². The Bertz CT molecular complexity index is 816. The van der Waals surface area contributed by atoms with Gasteiger partial charge in [0.15, 0.2) is 0 Å². The van der Waals surface area contributed by atoms with Crippen molar-refractivity contribution in [3.8, 4) is 0 Å². The molecule has 1 aromatic heterocycles. The third kappa shape index (κ3) is 6.08. The highest BCUT2D eigenvalue weighted by Gasteiger charge is 2.44. The molecule has 0 spiro atoms. The molecule has 1 saturated heterocycles. The molecule has 1 atom stereocenters. The van der Waals surface area contributed by atoms with Crippen LogP contribution in [0.5, 0.6) is 0 Å². The SMILES string of the molecule is CCOC(=O)C1(CCCc2ccccc2)CCCN(C(=O)CSc2ccncc2)C1. The lowest BCUT2D eigenvalue weighted by Crippen LogP contribution is -2.51. The van der Waals surface area contributed by atoms with Gasteiger partial charge in [-0.3, -0.25) is 14.6 Å². The number of aromatic nitrogens is 1. The van der Waals surface area contributed by atoms with Gasteiger partial charge < -0.3 is 9.64 Å². The Kier molecular flexibility index (Phi) is 8.31. The number of aryl methyl sites for hydroxylation is 1. The van der Waals surface area contributed by atoms with E-state index in [-0.39, 0.29) is 11.9 Å². The van der Waals surface area contributed by atoms with E-state index in [0.717, 1.165) is 37.0 Å². The molecule has 6 heteroatoms. The van der Waals surface area contributed by atoms with E-state index in [9.17, 15) is 9.59 Å². The van der Waals surface area contributed by atoms with Crippen LogP contribution in [0.25, 0.3) is 0 Å². The number of piperidine rings is 1. The number of thioether (sulfide) groups is 1. The average molecular weight is 427 g/mol. The quantitative estimate of drug-likeness (QED) is 0.440. The second-order valence-corrected chi connectivity index (χ2v) is 8.78. The number of carbonyl (C=O) groups is 2. The summed E-state index contributed by atoms with van der Waals surface area (Å²) < 4.78 is 5.46. The first kappa shape index (κ1) is 22.3. The monoisotopic (exact) mass is 426 g/mol. The molecule has 2 heterocycles. The van der Waals surface area contributed by atoms with Crippen LogP contribution in [0.4, 0.5) is 0 Å². The van der Waals surface area contributed by atoms with Crippen molar-refractivity contribution in [2.45, 2.75) is 43.9 Å². The van der Waals surface area contributed by atoms with Gasteiger partial charge in [-0.05, 0) is 56.7 Å². The maximum Gasteiger partial charge on any atom is 0.313 e. The molecule has 5 nitrogen and oxygen atoms in total. The minimum atomic E-state index is -0.597. The normalized spacial score (nSPS) is 18.8. The molecule has 0 N–H and O–H groups in total. The van der Waals surface area contributed by atoms with Crippen molar-refractivity contribution in [1.29, 1.82) is 0 Å². The second kappa shape index (κ2) is 11.2. The highest BCUT2D eigenvalue weighted by Crippen LogP contribution is 2.37. The van der Waals surface area contributed by atoms with Crippen molar-refractivity contribution < 1.29 is 14.3 Å². The molecular weight excluding hydrogens is 396 g/mol. The van der Waals surface area contributed by atoms with Gasteiger partial charge in [-0.2, -0.15) is 0 Å². The zero-order valence-electron chi connectivity index (χ0n) is 17.6. The molecule has 1 aliphatic rings. The number of nitrogens with zero attached hydrogens (tertiary/aromatic N) is 2. The number of ether oxygens (including phenoxy) is 1. The van der Waals surface area contributed by atoms with E-state index in [4.69, 9.17) is 4.74 Å². The number of benzene rings is 1. The Balaban J connectivity index is 1.62. The van der Waals surface area contributed by atoms with Crippen LogP contribution in [0.3, 0.4) is 0 Å². The van der Waals surface area contributed by atoms with Crippen LogP contribution in [-0.2, 0) is 20.7 Å². The maximum atomic E-state index is 12.9. The largest absolute Gasteiger partial charge is 0.466 e. The molecule has 0 radical (unpaired) electrons. The Labute approximate surface area is 183 Å². The van der Waals surface area contributed by atoms with Crippen molar-refractivity contribution in [2.75, 3.05) is 25.4 Å². The first-order valence-corrected chi connectivity index (χ1v) is 11.6. The van der Waals surface area contributed by atoms with Gasteiger partial charge in [0.05, 0.1) is 17.8 Å². The zero-order valence-corrected chi connectivity index (χ0v) is 18.4. The van der Waals surface area contributed by atoms with Crippen LogP contribution in [-0.4, -0.2) is 47.2 Å². The van der Waals surface area contributed by atoms with E-state index in [1.54, 1.807) is 12.4 Å². The van der Waals surface area contributed by atoms with E-state index >= 15 is 0 Å². The van der Waals surface area contributed by atoms with Crippen LogP contribution in [0.1, 0.15) is 38.2 Å². The van der Waals surface area contributed by atoms with Crippen molar-refractivity contribution in [3.05, 3.63) is 60.4 Å². The van der Waals surface area contributed by atoms with E-state index in [1.807, 2.05) is 42.2 Å². The number of carbonyl (C=O) groups excluding carboxylic acids is 2. The number of hydrogen-bond donors (Lipinski definition) is 0. The number of esters is 1. The van der Waals surface area contributed by atoms with Gasteiger partial charge in [0.1, 0.15) is 0 Å². The summed E-state index contributed by atoms with van der Waals surface area (Å²) in [6.07, 6.45) is 7.63. The van der Waals surface area contributed by atoms with E-state index in [2.05, 4.69) is 17.1 Å². The van der Waals surface area contributed by atoms with Crippen molar-refractivity contribution in [1.82, 2.24) is 9.88 Å². The number of rotatable bonds is 9. The van der Waals surface area contributed by atoms with E-state index in [1.165, 1.54) is 17.3 Å². The fourth-order valence-electron chi connectivity index (χ4n) is 4.05. The minimum absolute atomic E-state index is 0.0771. The van der Waals surface area contributed by atoms with Crippen LogP contribution < -0.4 is 0 Å². The minimum Gasteiger partial charge on any atom is -0.466 e. The standard InChI is InChI=1S/C24H30N2O3S/c1-2-29-23(28)24(13-6-10-20-8-4-3-5-9-20)14-7-17-26(19-24)22(27)18-30-21-11-15-25-16-12-21/h3-5,8-9,11-12,15-16H,2,6-7,10,13-14,17-19H2,1H3. The Hall–Kier alpha value is -2.34. The molecule has 0 saturated carbocycles. The number of amides is 1. The predicted octanol–water partition coefficient (Wildman–Crippen LogP) is 4.37. The molecule has 0 bridgehead atoms. The Morgan fingerprint density at radius 2 is 1.93 bits per heavy atom.